The fourth-order valence-electron chi connectivity index (χ4n) is 3.81. The molecule has 1 amide bonds. The van der Waals surface area contributed by atoms with Gasteiger partial charge in [-0.2, -0.15) is 18.3 Å². The molecule has 0 bridgehead atoms. The van der Waals surface area contributed by atoms with Crippen LogP contribution in [0.5, 0.6) is 0 Å². The standard InChI is InChI=1S/C21H15ClF3N5O2/c22-10-3-1-4-11(7-10)30-16(9-17(29-30)21(23,24)25)12-8-13(12)19(31)26-14-5-2-6-15-18(14)28-20(32)27-15/h1-7,9,12-13H,8H2,(H,26,31)(H2,27,28,32). The number of carbonyl (C=O) groups excluding carboxylic acids is 1. The van der Waals surface area contributed by atoms with E-state index in [-0.39, 0.29) is 11.6 Å². The maximum Gasteiger partial charge on any atom is 0.435 e. The smallest absolute Gasteiger partial charge is 0.324 e. The van der Waals surface area contributed by atoms with Crippen LogP contribution in [0.3, 0.4) is 0 Å². The molecule has 7 nitrogen and oxygen atoms in total. The SMILES string of the molecule is O=C(Nc1cccc2[nH]c(=O)[nH]c12)C1CC1c1cc(C(F)(F)F)nn1-c1cccc(Cl)c1. The minimum atomic E-state index is -4.62. The molecule has 11 heteroatoms. The van der Waals surface area contributed by atoms with E-state index in [1.807, 2.05) is 0 Å². The number of H-pyrrole nitrogens is 2. The molecule has 5 rings (SSSR count). The summed E-state index contributed by atoms with van der Waals surface area (Å²) < 4.78 is 41.2. The number of hydrogen-bond donors (Lipinski definition) is 3. The summed E-state index contributed by atoms with van der Waals surface area (Å²) in [6.07, 6.45) is -4.25. The molecule has 2 heterocycles. The second kappa shape index (κ2) is 7.27. The Hall–Kier alpha value is -3.53. The molecule has 0 aliphatic heterocycles. The Morgan fingerprint density at radius 1 is 1.16 bits per heavy atom. The van der Waals surface area contributed by atoms with E-state index in [4.69, 9.17) is 11.6 Å². The highest BCUT2D eigenvalue weighted by Gasteiger charge is 2.48. The van der Waals surface area contributed by atoms with Crippen LogP contribution in [0.1, 0.15) is 23.7 Å². The minimum absolute atomic E-state index is 0.285. The summed E-state index contributed by atoms with van der Waals surface area (Å²) in [7, 11) is 0. The lowest BCUT2D eigenvalue weighted by atomic mass is 10.2. The van der Waals surface area contributed by atoms with Gasteiger partial charge in [-0.15, -0.1) is 0 Å². The third-order valence-electron chi connectivity index (χ3n) is 5.40. The average molecular weight is 462 g/mol. The molecule has 164 valence electrons. The Balaban J connectivity index is 1.44. The summed E-state index contributed by atoms with van der Waals surface area (Å²) in [6.45, 7) is 0. The van der Waals surface area contributed by atoms with E-state index in [1.54, 1.807) is 36.4 Å². The van der Waals surface area contributed by atoms with Crippen molar-refractivity contribution in [3.8, 4) is 5.69 Å². The Kier molecular flexibility index (Phi) is 4.63. The number of rotatable bonds is 4. The van der Waals surface area contributed by atoms with Crippen LogP contribution in [0, 0.1) is 5.92 Å². The predicted octanol–water partition coefficient (Wildman–Crippen LogP) is 4.46. The van der Waals surface area contributed by atoms with Gasteiger partial charge in [0.05, 0.1) is 22.4 Å². The maximum absolute atomic E-state index is 13.3. The molecule has 4 aromatic rings. The van der Waals surface area contributed by atoms with Crippen LogP contribution in [0.25, 0.3) is 16.7 Å². The van der Waals surface area contributed by atoms with E-state index in [9.17, 15) is 22.8 Å². The van der Waals surface area contributed by atoms with Gasteiger partial charge in [0.15, 0.2) is 5.69 Å². The van der Waals surface area contributed by atoms with Gasteiger partial charge in [0.1, 0.15) is 0 Å². The third kappa shape index (κ3) is 3.66. The van der Waals surface area contributed by atoms with Crippen molar-refractivity contribution in [3.63, 3.8) is 0 Å². The summed E-state index contributed by atoms with van der Waals surface area (Å²) in [4.78, 5) is 29.6. The minimum Gasteiger partial charge on any atom is -0.324 e. The number of aromatic nitrogens is 4. The van der Waals surface area contributed by atoms with Crippen molar-refractivity contribution < 1.29 is 18.0 Å². The van der Waals surface area contributed by atoms with Crippen molar-refractivity contribution in [2.24, 2.45) is 5.92 Å². The molecule has 2 aromatic heterocycles. The number of amides is 1. The van der Waals surface area contributed by atoms with Gasteiger partial charge in [0, 0.05) is 22.6 Å². The molecule has 2 aromatic carbocycles. The first-order valence-electron chi connectivity index (χ1n) is 9.65. The van der Waals surface area contributed by atoms with Gasteiger partial charge in [0.2, 0.25) is 5.91 Å². The predicted molar refractivity (Wildman–Crippen MR) is 112 cm³/mol. The van der Waals surface area contributed by atoms with E-state index in [0.717, 1.165) is 6.07 Å². The number of benzene rings is 2. The quantitative estimate of drug-likeness (QED) is 0.419. The Bertz CT molecular complexity index is 1400. The molecule has 1 fully saturated rings. The van der Waals surface area contributed by atoms with Crippen LogP contribution >= 0.6 is 11.6 Å². The van der Waals surface area contributed by atoms with E-state index in [1.165, 1.54) is 10.7 Å². The van der Waals surface area contributed by atoms with Crippen LogP contribution in [0.2, 0.25) is 5.02 Å². The summed E-state index contributed by atoms with van der Waals surface area (Å²) in [5.41, 5.74) is 0.622. The number of aromatic amines is 2. The number of fused-ring (bicyclic) bond motifs is 1. The number of nitrogens with zero attached hydrogens (tertiary/aromatic N) is 2. The average Bonchev–Trinajstić information content (AvgIpc) is 3.21. The molecule has 1 aliphatic rings. The Morgan fingerprint density at radius 3 is 2.69 bits per heavy atom. The lowest BCUT2D eigenvalue weighted by Gasteiger charge is -2.09. The van der Waals surface area contributed by atoms with E-state index in [0.29, 0.717) is 33.9 Å². The fraction of sp³-hybridized carbons (Fsp3) is 0.190. The lowest BCUT2D eigenvalue weighted by molar-refractivity contribution is -0.141. The fourth-order valence-corrected chi connectivity index (χ4v) is 4.00. The Morgan fingerprint density at radius 2 is 1.94 bits per heavy atom. The first kappa shape index (κ1) is 20.4. The number of anilines is 1. The highest BCUT2D eigenvalue weighted by molar-refractivity contribution is 6.30. The number of hydrogen-bond acceptors (Lipinski definition) is 3. The van der Waals surface area contributed by atoms with Crippen molar-refractivity contribution in [1.82, 2.24) is 19.7 Å². The van der Waals surface area contributed by atoms with Crippen LogP contribution in [-0.4, -0.2) is 25.7 Å². The molecule has 32 heavy (non-hydrogen) atoms. The summed E-state index contributed by atoms with van der Waals surface area (Å²) in [6, 6.07) is 12.3. The molecular formula is C21H15ClF3N5O2. The molecule has 3 N–H and O–H groups in total. The molecule has 0 saturated heterocycles. The van der Waals surface area contributed by atoms with Gasteiger partial charge in [-0.05, 0) is 42.8 Å². The largest absolute Gasteiger partial charge is 0.435 e. The monoisotopic (exact) mass is 461 g/mol. The number of halogens is 4. The molecule has 2 atom stereocenters. The van der Waals surface area contributed by atoms with Crippen molar-refractivity contribution in [1.29, 1.82) is 0 Å². The molecule has 2 unspecified atom stereocenters. The van der Waals surface area contributed by atoms with Crippen LogP contribution < -0.4 is 11.0 Å². The number of imidazole rings is 1. The number of para-hydroxylation sites is 1. The zero-order chi connectivity index (χ0) is 22.6. The van der Waals surface area contributed by atoms with Crippen molar-refractivity contribution >= 4 is 34.2 Å². The van der Waals surface area contributed by atoms with Gasteiger partial charge < -0.3 is 15.3 Å². The highest BCUT2D eigenvalue weighted by atomic mass is 35.5. The zero-order valence-corrected chi connectivity index (χ0v) is 17.0. The molecular weight excluding hydrogens is 447 g/mol. The summed E-state index contributed by atoms with van der Waals surface area (Å²) in [5, 5.41) is 6.85. The molecule has 0 radical (unpaired) electrons. The first-order valence-corrected chi connectivity index (χ1v) is 10.0. The topological polar surface area (TPSA) is 95.6 Å². The second-order valence-electron chi connectivity index (χ2n) is 7.59. The van der Waals surface area contributed by atoms with Gasteiger partial charge in [-0.25, -0.2) is 9.48 Å². The summed E-state index contributed by atoms with van der Waals surface area (Å²) in [5.74, 6) is -1.33. The van der Waals surface area contributed by atoms with Gasteiger partial charge >= 0.3 is 11.9 Å². The Labute approximate surface area is 183 Å². The lowest BCUT2D eigenvalue weighted by Crippen LogP contribution is -2.15. The second-order valence-corrected chi connectivity index (χ2v) is 8.03. The summed E-state index contributed by atoms with van der Waals surface area (Å²) >= 11 is 6.00. The van der Waals surface area contributed by atoms with Crippen molar-refractivity contribution in [2.45, 2.75) is 18.5 Å². The first-order chi connectivity index (χ1) is 15.2. The third-order valence-corrected chi connectivity index (χ3v) is 5.63. The van der Waals surface area contributed by atoms with Crippen molar-refractivity contribution in [2.75, 3.05) is 5.32 Å². The molecule has 0 spiro atoms. The van der Waals surface area contributed by atoms with Crippen molar-refractivity contribution in [3.05, 3.63) is 75.4 Å². The zero-order valence-electron chi connectivity index (χ0n) is 16.2. The molecule has 1 aliphatic carbocycles. The molecule has 1 saturated carbocycles. The van der Waals surface area contributed by atoms with Crippen LogP contribution in [0.15, 0.2) is 53.3 Å². The van der Waals surface area contributed by atoms with E-state index >= 15 is 0 Å². The van der Waals surface area contributed by atoms with E-state index < -0.39 is 29.4 Å². The highest BCUT2D eigenvalue weighted by Crippen LogP contribution is 2.49. The normalized spacial score (nSPS) is 18.1. The van der Waals surface area contributed by atoms with Gasteiger partial charge in [-0.1, -0.05) is 23.7 Å². The number of carbonyl (C=O) groups is 1. The van der Waals surface area contributed by atoms with Crippen LogP contribution in [-0.2, 0) is 11.0 Å². The number of alkyl halides is 3. The van der Waals surface area contributed by atoms with E-state index in [2.05, 4.69) is 20.4 Å². The maximum atomic E-state index is 13.3. The number of nitrogens with one attached hydrogen (secondary N) is 3. The van der Waals surface area contributed by atoms with Crippen LogP contribution in [0.4, 0.5) is 18.9 Å². The van der Waals surface area contributed by atoms with Gasteiger partial charge in [0.25, 0.3) is 0 Å². The van der Waals surface area contributed by atoms with Gasteiger partial charge in [-0.3, -0.25) is 4.79 Å².